The van der Waals surface area contributed by atoms with Crippen molar-refractivity contribution in [3.05, 3.63) is 30.2 Å². The third kappa shape index (κ3) is 2.12. The molecule has 1 aliphatic heterocycles. The molecule has 4 heterocycles. The summed E-state index contributed by atoms with van der Waals surface area (Å²) in [5.41, 5.74) is 2.36. The lowest BCUT2D eigenvalue weighted by Gasteiger charge is -2.13. The number of ether oxygens (including phenoxy) is 1. The summed E-state index contributed by atoms with van der Waals surface area (Å²) >= 11 is 1.54. The van der Waals surface area contributed by atoms with Crippen LogP contribution in [0, 0.1) is 0 Å². The minimum atomic E-state index is -0.686. The van der Waals surface area contributed by atoms with E-state index in [1.807, 2.05) is 11.4 Å². The Labute approximate surface area is 129 Å². The van der Waals surface area contributed by atoms with Gasteiger partial charge in [-0.3, -0.25) is 4.57 Å². The van der Waals surface area contributed by atoms with Crippen molar-refractivity contribution in [2.24, 2.45) is 0 Å². The molecule has 22 heavy (non-hydrogen) atoms. The van der Waals surface area contributed by atoms with E-state index in [0.29, 0.717) is 12.1 Å². The molecule has 7 nitrogen and oxygen atoms in total. The SMILES string of the molecule is OCC1O[C@@H](n2cnc3c(-c4nccs4)ccnc32)CC1O. The highest BCUT2D eigenvalue weighted by atomic mass is 32.1. The molecule has 0 spiro atoms. The van der Waals surface area contributed by atoms with Crippen molar-refractivity contribution >= 4 is 22.5 Å². The Bertz CT molecular complexity index is 789. The van der Waals surface area contributed by atoms with Crippen LogP contribution < -0.4 is 0 Å². The summed E-state index contributed by atoms with van der Waals surface area (Å²) in [6.07, 6.45) is 3.90. The monoisotopic (exact) mass is 318 g/mol. The van der Waals surface area contributed by atoms with Gasteiger partial charge >= 0.3 is 0 Å². The normalized spacial score (nSPS) is 25.1. The molecule has 2 N–H and O–H groups in total. The maximum atomic E-state index is 9.89. The van der Waals surface area contributed by atoms with Gasteiger partial charge in [0.2, 0.25) is 0 Å². The molecule has 114 valence electrons. The first-order valence-electron chi connectivity index (χ1n) is 6.93. The highest BCUT2D eigenvalue weighted by Gasteiger charge is 2.35. The second kappa shape index (κ2) is 5.40. The third-order valence-corrected chi connectivity index (χ3v) is 4.62. The van der Waals surface area contributed by atoms with E-state index in [4.69, 9.17) is 4.74 Å². The van der Waals surface area contributed by atoms with Gasteiger partial charge in [-0.25, -0.2) is 15.0 Å². The number of imidazole rings is 1. The summed E-state index contributed by atoms with van der Waals surface area (Å²) < 4.78 is 7.47. The molecule has 0 bridgehead atoms. The Kier molecular flexibility index (Phi) is 3.38. The smallest absolute Gasteiger partial charge is 0.162 e. The molecule has 8 heteroatoms. The highest BCUT2D eigenvalue weighted by Crippen LogP contribution is 2.33. The number of rotatable bonds is 3. The minimum absolute atomic E-state index is 0.206. The fourth-order valence-electron chi connectivity index (χ4n) is 2.72. The Balaban J connectivity index is 1.77. The van der Waals surface area contributed by atoms with Crippen molar-refractivity contribution in [1.82, 2.24) is 19.5 Å². The fourth-order valence-corrected chi connectivity index (χ4v) is 3.39. The average Bonchev–Trinajstić information content (AvgIpc) is 3.25. The fraction of sp³-hybridized carbons (Fsp3) is 0.357. The largest absolute Gasteiger partial charge is 0.394 e. The number of aliphatic hydroxyl groups excluding tert-OH is 2. The van der Waals surface area contributed by atoms with Gasteiger partial charge in [-0.2, -0.15) is 0 Å². The van der Waals surface area contributed by atoms with Gasteiger partial charge in [0.1, 0.15) is 22.9 Å². The molecule has 1 aliphatic rings. The van der Waals surface area contributed by atoms with Crippen LogP contribution in [0.1, 0.15) is 12.6 Å². The van der Waals surface area contributed by atoms with Crippen LogP contribution in [0.15, 0.2) is 30.2 Å². The number of hydrogen-bond donors (Lipinski definition) is 2. The summed E-state index contributed by atoms with van der Waals surface area (Å²) in [6.45, 7) is -0.206. The topological polar surface area (TPSA) is 93.3 Å². The number of nitrogens with zero attached hydrogens (tertiary/aromatic N) is 4. The van der Waals surface area contributed by atoms with Crippen LogP contribution in [0.4, 0.5) is 0 Å². The molecule has 3 aromatic rings. The minimum Gasteiger partial charge on any atom is -0.394 e. The van der Waals surface area contributed by atoms with Crippen LogP contribution in [0.3, 0.4) is 0 Å². The van der Waals surface area contributed by atoms with E-state index >= 15 is 0 Å². The molecule has 3 aromatic heterocycles. The van der Waals surface area contributed by atoms with Crippen molar-refractivity contribution in [3.63, 3.8) is 0 Å². The maximum absolute atomic E-state index is 9.89. The first kappa shape index (κ1) is 13.8. The maximum Gasteiger partial charge on any atom is 0.162 e. The number of fused-ring (bicyclic) bond motifs is 1. The van der Waals surface area contributed by atoms with Crippen LogP contribution in [-0.2, 0) is 4.74 Å². The summed E-state index contributed by atoms with van der Waals surface area (Å²) in [4.78, 5) is 13.1. The number of aliphatic hydroxyl groups is 2. The third-order valence-electron chi connectivity index (χ3n) is 3.82. The Hall–Kier alpha value is -1.87. The molecule has 2 unspecified atom stereocenters. The van der Waals surface area contributed by atoms with Gasteiger partial charge < -0.3 is 14.9 Å². The Morgan fingerprint density at radius 3 is 2.95 bits per heavy atom. The second-order valence-corrected chi connectivity index (χ2v) is 6.03. The molecule has 0 aromatic carbocycles. The highest BCUT2D eigenvalue weighted by molar-refractivity contribution is 7.13. The van der Waals surface area contributed by atoms with Gasteiger partial charge in [0, 0.05) is 29.8 Å². The first-order chi connectivity index (χ1) is 10.8. The van der Waals surface area contributed by atoms with E-state index in [0.717, 1.165) is 16.1 Å². The molecule has 0 radical (unpaired) electrons. The van der Waals surface area contributed by atoms with Crippen molar-refractivity contribution in [3.8, 4) is 10.6 Å². The number of hydrogen-bond acceptors (Lipinski definition) is 7. The molecule has 0 aliphatic carbocycles. The van der Waals surface area contributed by atoms with Crippen LogP contribution >= 0.6 is 11.3 Å². The van der Waals surface area contributed by atoms with Crippen molar-refractivity contribution in [1.29, 1.82) is 0 Å². The van der Waals surface area contributed by atoms with Gasteiger partial charge in [0.15, 0.2) is 5.65 Å². The zero-order valence-corrected chi connectivity index (χ0v) is 12.3. The van der Waals surface area contributed by atoms with E-state index in [-0.39, 0.29) is 12.8 Å². The Morgan fingerprint density at radius 2 is 2.23 bits per heavy atom. The van der Waals surface area contributed by atoms with Crippen LogP contribution in [0.5, 0.6) is 0 Å². The summed E-state index contributed by atoms with van der Waals surface area (Å²) in [5, 5.41) is 21.9. The van der Waals surface area contributed by atoms with E-state index < -0.39 is 12.2 Å². The lowest BCUT2D eigenvalue weighted by atomic mass is 10.2. The lowest BCUT2D eigenvalue weighted by Crippen LogP contribution is -2.24. The quantitative estimate of drug-likeness (QED) is 0.753. The predicted octanol–water partition coefficient (Wildman–Crippen LogP) is 1.20. The zero-order valence-electron chi connectivity index (χ0n) is 11.5. The van der Waals surface area contributed by atoms with Crippen molar-refractivity contribution in [2.45, 2.75) is 24.9 Å². The molecule has 0 saturated carbocycles. The average molecular weight is 318 g/mol. The van der Waals surface area contributed by atoms with Gasteiger partial charge in [0.25, 0.3) is 0 Å². The number of aromatic nitrogens is 4. The van der Waals surface area contributed by atoms with E-state index in [1.165, 1.54) is 0 Å². The zero-order chi connectivity index (χ0) is 15.1. The predicted molar refractivity (Wildman–Crippen MR) is 80.3 cm³/mol. The molecule has 1 saturated heterocycles. The van der Waals surface area contributed by atoms with E-state index in [9.17, 15) is 10.2 Å². The number of pyridine rings is 1. The summed E-state index contributed by atoms with van der Waals surface area (Å²) in [7, 11) is 0. The van der Waals surface area contributed by atoms with Crippen LogP contribution in [0.2, 0.25) is 0 Å². The van der Waals surface area contributed by atoms with E-state index in [1.54, 1.807) is 34.6 Å². The van der Waals surface area contributed by atoms with Crippen molar-refractivity contribution in [2.75, 3.05) is 6.61 Å². The summed E-state index contributed by atoms with van der Waals surface area (Å²) in [5.74, 6) is 0. The van der Waals surface area contributed by atoms with Gasteiger partial charge in [-0.15, -0.1) is 11.3 Å². The molecular formula is C14H14N4O3S. The van der Waals surface area contributed by atoms with Gasteiger partial charge in [-0.05, 0) is 6.07 Å². The van der Waals surface area contributed by atoms with Crippen molar-refractivity contribution < 1.29 is 14.9 Å². The van der Waals surface area contributed by atoms with Crippen LogP contribution in [-0.4, -0.2) is 48.5 Å². The van der Waals surface area contributed by atoms with Crippen LogP contribution in [0.25, 0.3) is 21.7 Å². The van der Waals surface area contributed by atoms with Gasteiger partial charge in [-0.1, -0.05) is 0 Å². The van der Waals surface area contributed by atoms with Gasteiger partial charge in [0.05, 0.1) is 19.0 Å². The second-order valence-electron chi connectivity index (χ2n) is 5.13. The molecule has 4 rings (SSSR count). The molecular weight excluding hydrogens is 304 g/mol. The number of thiazole rings is 1. The molecule has 0 amide bonds. The van der Waals surface area contributed by atoms with E-state index in [2.05, 4.69) is 15.0 Å². The Morgan fingerprint density at radius 1 is 1.32 bits per heavy atom. The first-order valence-corrected chi connectivity index (χ1v) is 7.81. The molecule has 3 atom stereocenters. The standard InChI is InChI=1S/C14H14N4O3S/c19-6-10-9(20)5-11(21-10)18-7-17-12-8(1-2-15-13(12)18)14-16-3-4-22-14/h1-4,7,9-11,19-20H,5-6H2/t9?,10?,11-/m1/s1. The summed E-state index contributed by atoms with van der Waals surface area (Å²) in [6, 6.07) is 1.89. The molecule has 1 fully saturated rings. The lowest BCUT2D eigenvalue weighted by molar-refractivity contribution is -0.0432.